The minimum atomic E-state index is -0.403. The van der Waals surface area contributed by atoms with E-state index in [0.29, 0.717) is 22.3 Å². The van der Waals surface area contributed by atoms with Gasteiger partial charge >= 0.3 is 0 Å². The molecule has 1 atom stereocenters. The van der Waals surface area contributed by atoms with E-state index >= 15 is 0 Å². The quantitative estimate of drug-likeness (QED) is 0.772. The van der Waals surface area contributed by atoms with Crippen molar-refractivity contribution in [1.82, 2.24) is 15.5 Å². The van der Waals surface area contributed by atoms with Gasteiger partial charge in [0.05, 0.1) is 0 Å². The Hall–Kier alpha value is -2.66. The lowest BCUT2D eigenvalue weighted by Gasteiger charge is -2.09. The SMILES string of the molecule is Cc1ccc(-c2noc([C@H](C)NC(=O)c3ccc(Cl)cc3)n2)cc1. The average Bonchev–Trinajstić information content (AvgIpc) is 3.06. The van der Waals surface area contributed by atoms with Gasteiger partial charge in [0, 0.05) is 16.1 Å². The lowest BCUT2D eigenvalue weighted by atomic mass is 10.1. The fourth-order valence-corrected chi connectivity index (χ4v) is 2.30. The van der Waals surface area contributed by atoms with Crippen molar-refractivity contribution in [2.24, 2.45) is 0 Å². The third-order valence-electron chi connectivity index (χ3n) is 3.58. The average molecular weight is 342 g/mol. The zero-order chi connectivity index (χ0) is 17.1. The molecule has 0 bridgehead atoms. The summed E-state index contributed by atoms with van der Waals surface area (Å²) in [5, 5.41) is 7.38. The highest BCUT2D eigenvalue weighted by Crippen LogP contribution is 2.19. The maximum atomic E-state index is 12.2. The summed E-state index contributed by atoms with van der Waals surface area (Å²) in [4.78, 5) is 16.6. The Morgan fingerprint density at radius 1 is 1.12 bits per heavy atom. The Labute approximate surface area is 144 Å². The van der Waals surface area contributed by atoms with Gasteiger partial charge in [0.2, 0.25) is 11.7 Å². The summed E-state index contributed by atoms with van der Waals surface area (Å²) in [5.74, 6) is 0.625. The van der Waals surface area contributed by atoms with Gasteiger partial charge in [-0.3, -0.25) is 4.79 Å². The van der Waals surface area contributed by atoms with Crippen LogP contribution in [0.25, 0.3) is 11.4 Å². The summed E-state index contributed by atoms with van der Waals surface area (Å²) < 4.78 is 5.27. The minimum Gasteiger partial charge on any atom is -0.341 e. The highest BCUT2D eigenvalue weighted by atomic mass is 35.5. The van der Waals surface area contributed by atoms with Crippen molar-refractivity contribution < 1.29 is 9.32 Å². The minimum absolute atomic E-state index is 0.228. The second-order valence-electron chi connectivity index (χ2n) is 5.52. The fourth-order valence-electron chi connectivity index (χ4n) is 2.17. The Balaban J connectivity index is 1.71. The molecule has 0 fully saturated rings. The van der Waals surface area contributed by atoms with Crippen molar-refractivity contribution in [3.63, 3.8) is 0 Å². The summed E-state index contributed by atoms with van der Waals surface area (Å²) in [6.45, 7) is 3.81. The number of rotatable bonds is 4. The Morgan fingerprint density at radius 3 is 2.46 bits per heavy atom. The van der Waals surface area contributed by atoms with E-state index in [9.17, 15) is 4.79 Å². The maximum absolute atomic E-state index is 12.2. The van der Waals surface area contributed by atoms with Gasteiger partial charge in [-0.15, -0.1) is 0 Å². The molecule has 5 nitrogen and oxygen atoms in total. The van der Waals surface area contributed by atoms with Crippen molar-refractivity contribution in [3.8, 4) is 11.4 Å². The van der Waals surface area contributed by atoms with E-state index < -0.39 is 6.04 Å². The van der Waals surface area contributed by atoms with Crippen molar-refractivity contribution in [3.05, 3.63) is 70.6 Å². The third-order valence-corrected chi connectivity index (χ3v) is 3.83. The van der Waals surface area contributed by atoms with Gasteiger partial charge in [0.15, 0.2) is 0 Å². The molecule has 24 heavy (non-hydrogen) atoms. The van der Waals surface area contributed by atoms with Crippen LogP contribution in [-0.2, 0) is 0 Å². The highest BCUT2D eigenvalue weighted by molar-refractivity contribution is 6.30. The molecule has 1 aromatic heterocycles. The van der Waals surface area contributed by atoms with Gasteiger partial charge < -0.3 is 9.84 Å². The van der Waals surface area contributed by atoms with Crippen molar-refractivity contribution in [2.75, 3.05) is 0 Å². The molecule has 3 aromatic rings. The number of nitrogens with one attached hydrogen (secondary N) is 1. The second kappa shape index (κ2) is 6.84. The van der Waals surface area contributed by atoms with Crippen LogP contribution in [0.2, 0.25) is 5.02 Å². The number of aromatic nitrogens is 2. The highest BCUT2D eigenvalue weighted by Gasteiger charge is 2.18. The number of carbonyl (C=O) groups is 1. The Morgan fingerprint density at radius 2 is 1.79 bits per heavy atom. The number of hydrogen-bond acceptors (Lipinski definition) is 4. The van der Waals surface area contributed by atoms with Gasteiger partial charge in [-0.2, -0.15) is 4.98 Å². The first-order valence-corrected chi connectivity index (χ1v) is 7.88. The van der Waals surface area contributed by atoms with E-state index in [4.69, 9.17) is 16.1 Å². The number of nitrogens with zero attached hydrogens (tertiary/aromatic N) is 2. The molecule has 0 saturated heterocycles. The smallest absolute Gasteiger partial charge is 0.251 e. The van der Waals surface area contributed by atoms with Crippen LogP contribution in [0.15, 0.2) is 53.1 Å². The molecule has 0 saturated carbocycles. The number of hydrogen-bond donors (Lipinski definition) is 1. The molecule has 122 valence electrons. The topological polar surface area (TPSA) is 68.0 Å². The first-order valence-electron chi connectivity index (χ1n) is 7.50. The van der Waals surface area contributed by atoms with Crippen LogP contribution in [0.1, 0.15) is 34.8 Å². The predicted molar refractivity (Wildman–Crippen MR) is 91.8 cm³/mol. The summed E-state index contributed by atoms with van der Waals surface area (Å²) in [6, 6.07) is 14.1. The summed E-state index contributed by atoms with van der Waals surface area (Å²) in [5.41, 5.74) is 2.54. The molecule has 0 aliphatic carbocycles. The van der Waals surface area contributed by atoms with E-state index in [1.165, 1.54) is 0 Å². The number of benzene rings is 2. The first-order chi connectivity index (χ1) is 11.5. The van der Waals surface area contributed by atoms with Crippen LogP contribution in [0, 0.1) is 6.92 Å². The lowest BCUT2D eigenvalue weighted by Crippen LogP contribution is -2.26. The lowest BCUT2D eigenvalue weighted by molar-refractivity contribution is 0.0932. The molecule has 0 unspecified atom stereocenters. The molecule has 1 heterocycles. The zero-order valence-corrected chi connectivity index (χ0v) is 14.0. The van der Waals surface area contributed by atoms with E-state index in [-0.39, 0.29) is 5.91 Å². The zero-order valence-electron chi connectivity index (χ0n) is 13.3. The Bertz CT molecular complexity index is 841. The van der Waals surface area contributed by atoms with Gasteiger partial charge in [-0.1, -0.05) is 46.6 Å². The van der Waals surface area contributed by atoms with Gasteiger partial charge in [-0.05, 0) is 38.1 Å². The molecule has 0 radical (unpaired) electrons. The van der Waals surface area contributed by atoms with Gasteiger partial charge in [-0.25, -0.2) is 0 Å². The number of halogens is 1. The van der Waals surface area contributed by atoms with Crippen LogP contribution < -0.4 is 5.32 Å². The predicted octanol–water partition coefficient (Wildman–Crippen LogP) is 4.19. The molecule has 0 aliphatic heterocycles. The summed E-state index contributed by atoms with van der Waals surface area (Å²) in [7, 11) is 0. The van der Waals surface area contributed by atoms with E-state index in [0.717, 1.165) is 11.1 Å². The summed E-state index contributed by atoms with van der Waals surface area (Å²) in [6.07, 6.45) is 0. The summed E-state index contributed by atoms with van der Waals surface area (Å²) >= 11 is 5.82. The number of amides is 1. The van der Waals surface area contributed by atoms with Crippen LogP contribution in [0.5, 0.6) is 0 Å². The van der Waals surface area contributed by atoms with Crippen LogP contribution in [-0.4, -0.2) is 16.0 Å². The van der Waals surface area contributed by atoms with Gasteiger partial charge in [0.1, 0.15) is 6.04 Å². The Kier molecular flexibility index (Phi) is 4.62. The fraction of sp³-hybridized carbons (Fsp3) is 0.167. The van der Waals surface area contributed by atoms with Crippen molar-refractivity contribution in [2.45, 2.75) is 19.9 Å². The van der Waals surface area contributed by atoms with E-state index in [1.807, 2.05) is 31.2 Å². The van der Waals surface area contributed by atoms with Crippen LogP contribution >= 0.6 is 11.6 Å². The third kappa shape index (κ3) is 3.63. The molecule has 2 aromatic carbocycles. The van der Waals surface area contributed by atoms with Crippen molar-refractivity contribution >= 4 is 17.5 Å². The van der Waals surface area contributed by atoms with Gasteiger partial charge in [0.25, 0.3) is 5.91 Å². The van der Waals surface area contributed by atoms with E-state index in [2.05, 4.69) is 15.5 Å². The molecule has 1 amide bonds. The monoisotopic (exact) mass is 341 g/mol. The molecule has 1 N–H and O–H groups in total. The standard InChI is InChI=1S/C18H16ClN3O2/c1-11-3-5-13(6-4-11)16-21-18(24-22-16)12(2)20-17(23)14-7-9-15(19)10-8-14/h3-10,12H,1-2H3,(H,20,23)/t12-/m0/s1. The molecule has 0 aliphatic rings. The molecular formula is C18H16ClN3O2. The normalized spacial score (nSPS) is 12.0. The largest absolute Gasteiger partial charge is 0.341 e. The molecular weight excluding hydrogens is 326 g/mol. The maximum Gasteiger partial charge on any atom is 0.251 e. The molecule has 0 spiro atoms. The van der Waals surface area contributed by atoms with Crippen molar-refractivity contribution in [1.29, 1.82) is 0 Å². The second-order valence-corrected chi connectivity index (χ2v) is 5.96. The van der Waals surface area contributed by atoms with Crippen LogP contribution in [0.3, 0.4) is 0 Å². The molecule has 6 heteroatoms. The van der Waals surface area contributed by atoms with E-state index in [1.54, 1.807) is 31.2 Å². The molecule has 3 rings (SSSR count). The first kappa shape index (κ1) is 16.2. The number of aryl methyl sites for hydroxylation is 1. The number of carbonyl (C=O) groups excluding carboxylic acids is 1. The van der Waals surface area contributed by atoms with Crippen LogP contribution in [0.4, 0.5) is 0 Å².